The first-order valence-electron chi connectivity index (χ1n) is 7.21. The van der Waals surface area contributed by atoms with Crippen LogP contribution in [0.2, 0.25) is 0 Å². The number of nitro groups is 1. The predicted octanol–water partition coefficient (Wildman–Crippen LogP) is 4.27. The Balaban J connectivity index is 1.83. The van der Waals surface area contributed by atoms with Crippen LogP contribution in [0.25, 0.3) is 11.5 Å². The van der Waals surface area contributed by atoms with Crippen molar-refractivity contribution in [3.8, 4) is 23.3 Å². The summed E-state index contributed by atoms with van der Waals surface area (Å²) in [6.07, 6.45) is 0. The van der Waals surface area contributed by atoms with Crippen LogP contribution in [0.15, 0.2) is 57.0 Å². The van der Waals surface area contributed by atoms with Gasteiger partial charge in [0.25, 0.3) is 10.9 Å². The van der Waals surface area contributed by atoms with E-state index in [9.17, 15) is 18.9 Å². The molecule has 1 aromatic heterocycles. The van der Waals surface area contributed by atoms with Gasteiger partial charge >= 0.3 is 6.61 Å². The molecule has 2 aromatic carbocycles. The summed E-state index contributed by atoms with van der Waals surface area (Å²) in [6.45, 7) is -2.93. The average Bonchev–Trinajstić information content (AvgIpc) is 3.10. The normalized spacial score (nSPS) is 10.6. The second-order valence-electron chi connectivity index (χ2n) is 4.93. The molecule has 0 atom stereocenters. The number of ether oxygens (including phenoxy) is 1. The lowest BCUT2D eigenvalue weighted by atomic mass is 10.2. The Morgan fingerprint density at radius 2 is 1.96 bits per heavy atom. The third-order valence-corrected chi connectivity index (χ3v) is 4.10. The van der Waals surface area contributed by atoms with Gasteiger partial charge in [-0.1, -0.05) is 0 Å². The van der Waals surface area contributed by atoms with Crippen LogP contribution in [0.3, 0.4) is 0 Å². The van der Waals surface area contributed by atoms with Gasteiger partial charge in [0.05, 0.1) is 21.5 Å². The minimum atomic E-state index is -2.93. The van der Waals surface area contributed by atoms with E-state index < -0.39 is 11.5 Å². The second kappa shape index (κ2) is 7.79. The molecule has 0 saturated heterocycles. The Morgan fingerprint density at radius 3 is 2.59 bits per heavy atom. The van der Waals surface area contributed by atoms with E-state index in [2.05, 4.69) is 14.9 Å². The summed E-state index contributed by atoms with van der Waals surface area (Å²) in [6, 6.07) is 11.4. The predicted molar refractivity (Wildman–Crippen MR) is 88.3 cm³/mol. The van der Waals surface area contributed by atoms with Gasteiger partial charge in [0.15, 0.2) is 0 Å². The van der Waals surface area contributed by atoms with E-state index in [4.69, 9.17) is 9.68 Å². The van der Waals surface area contributed by atoms with Gasteiger partial charge in [-0.2, -0.15) is 14.0 Å². The standard InChI is InChI=1S/C16H8F2N4O4S/c17-15(18)25-11-4-2-10(3-5-11)14-20-21-16(26-14)27-13-7-9(8-19)1-6-12(13)22(23)24/h1-7,15H. The van der Waals surface area contributed by atoms with Gasteiger partial charge in [-0.15, -0.1) is 10.2 Å². The fraction of sp³-hybridized carbons (Fsp3) is 0.0625. The molecule has 0 fully saturated rings. The van der Waals surface area contributed by atoms with Crippen LogP contribution < -0.4 is 4.74 Å². The molecule has 0 aliphatic carbocycles. The highest BCUT2D eigenvalue weighted by molar-refractivity contribution is 7.99. The van der Waals surface area contributed by atoms with E-state index in [1.54, 1.807) is 0 Å². The highest BCUT2D eigenvalue weighted by Gasteiger charge is 2.19. The molecule has 27 heavy (non-hydrogen) atoms. The van der Waals surface area contributed by atoms with Crippen LogP contribution >= 0.6 is 11.8 Å². The molecule has 3 rings (SSSR count). The van der Waals surface area contributed by atoms with Crippen molar-refractivity contribution in [1.82, 2.24) is 10.2 Å². The zero-order chi connectivity index (χ0) is 19.4. The van der Waals surface area contributed by atoms with Crippen LogP contribution in [0, 0.1) is 21.4 Å². The summed E-state index contributed by atoms with van der Waals surface area (Å²) >= 11 is 0.842. The van der Waals surface area contributed by atoms with Gasteiger partial charge < -0.3 is 9.15 Å². The van der Waals surface area contributed by atoms with Crippen LogP contribution in [0.5, 0.6) is 5.75 Å². The highest BCUT2D eigenvalue weighted by Crippen LogP contribution is 2.36. The SMILES string of the molecule is N#Cc1ccc([N+](=O)[O-])c(Sc2nnc(-c3ccc(OC(F)F)cc3)o2)c1. The van der Waals surface area contributed by atoms with Crippen molar-refractivity contribution in [2.75, 3.05) is 0 Å². The monoisotopic (exact) mass is 390 g/mol. The van der Waals surface area contributed by atoms with Crippen LogP contribution in [0.1, 0.15) is 5.56 Å². The lowest BCUT2D eigenvalue weighted by molar-refractivity contribution is -0.387. The molecule has 8 nitrogen and oxygen atoms in total. The molecule has 0 N–H and O–H groups in total. The number of nitriles is 1. The number of benzene rings is 2. The van der Waals surface area contributed by atoms with E-state index in [-0.39, 0.29) is 33.0 Å². The van der Waals surface area contributed by atoms with Gasteiger partial charge in [0.1, 0.15) is 5.75 Å². The zero-order valence-corrected chi connectivity index (χ0v) is 14.0. The van der Waals surface area contributed by atoms with Gasteiger partial charge in [-0.05, 0) is 48.2 Å². The minimum Gasteiger partial charge on any atom is -0.435 e. The fourth-order valence-electron chi connectivity index (χ4n) is 2.06. The first-order valence-corrected chi connectivity index (χ1v) is 8.03. The van der Waals surface area contributed by atoms with Gasteiger partial charge in [-0.3, -0.25) is 10.1 Å². The Bertz CT molecular complexity index is 1020. The average molecular weight is 390 g/mol. The molecule has 136 valence electrons. The molecular weight excluding hydrogens is 382 g/mol. The van der Waals surface area contributed by atoms with Crippen molar-refractivity contribution in [3.05, 3.63) is 58.1 Å². The number of aromatic nitrogens is 2. The lowest BCUT2D eigenvalue weighted by Crippen LogP contribution is -2.01. The maximum absolute atomic E-state index is 12.2. The molecule has 0 saturated carbocycles. The van der Waals surface area contributed by atoms with Gasteiger partial charge in [-0.25, -0.2) is 0 Å². The third-order valence-electron chi connectivity index (χ3n) is 3.22. The van der Waals surface area contributed by atoms with Crippen molar-refractivity contribution >= 4 is 17.4 Å². The number of nitrogens with zero attached hydrogens (tertiary/aromatic N) is 4. The molecule has 1 heterocycles. The van der Waals surface area contributed by atoms with E-state index in [0.29, 0.717) is 5.56 Å². The Hall–Kier alpha value is -3.52. The minimum absolute atomic E-state index is 0.0215. The molecule has 0 aliphatic heterocycles. The van der Waals surface area contributed by atoms with Gasteiger partial charge in [0.2, 0.25) is 5.89 Å². The van der Waals surface area contributed by atoms with E-state index in [0.717, 1.165) is 11.8 Å². The zero-order valence-electron chi connectivity index (χ0n) is 13.2. The molecule has 11 heteroatoms. The molecule has 0 bridgehead atoms. The van der Waals surface area contributed by atoms with E-state index >= 15 is 0 Å². The summed E-state index contributed by atoms with van der Waals surface area (Å²) in [7, 11) is 0. The molecule has 0 amide bonds. The van der Waals surface area contributed by atoms with E-state index in [1.807, 2.05) is 6.07 Å². The van der Waals surface area contributed by atoms with E-state index in [1.165, 1.54) is 42.5 Å². The summed E-state index contributed by atoms with van der Waals surface area (Å²) in [5.74, 6) is 0.0759. The number of rotatable bonds is 6. The molecule has 0 spiro atoms. The topological polar surface area (TPSA) is 115 Å². The Labute approximate surface area is 154 Å². The number of hydrogen-bond donors (Lipinski definition) is 0. The number of hydrogen-bond acceptors (Lipinski definition) is 8. The van der Waals surface area contributed by atoms with Gasteiger partial charge in [0, 0.05) is 11.6 Å². The first-order chi connectivity index (χ1) is 13.0. The van der Waals surface area contributed by atoms with Crippen molar-refractivity contribution < 1.29 is 22.9 Å². The lowest BCUT2D eigenvalue weighted by Gasteiger charge is -2.03. The van der Waals surface area contributed by atoms with Crippen LogP contribution in [-0.4, -0.2) is 21.7 Å². The second-order valence-corrected chi connectivity index (χ2v) is 5.92. The quantitative estimate of drug-likeness (QED) is 0.453. The smallest absolute Gasteiger partial charge is 0.387 e. The van der Waals surface area contributed by atoms with Crippen LogP contribution in [0.4, 0.5) is 14.5 Å². The molecule has 0 unspecified atom stereocenters. The fourth-order valence-corrected chi connectivity index (χ4v) is 2.88. The Kier molecular flexibility index (Phi) is 5.28. The highest BCUT2D eigenvalue weighted by atomic mass is 32.2. The molecular formula is C16H8F2N4O4S. The van der Waals surface area contributed by atoms with Crippen molar-refractivity contribution in [2.24, 2.45) is 0 Å². The van der Waals surface area contributed by atoms with Crippen LogP contribution in [-0.2, 0) is 0 Å². The summed E-state index contributed by atoms with van der Waals surface area (Å²) in [5.41, 5.74) is 0.501. The summed E-state index contributed by atoms with van der Waals surface area (Å²) < 4.78 is 34.0. The summed E-state index contributed by atoms with van der Waals surface area (Å²) in [4.78, 5) is 10.7. The molecule has 0 aliphatic rings. The summed E-state index contributed by atoms with van der Waals surface area (Å²) in [5, 5.41) is 27.7. The molecule has 3 aromatic rings. The van der Waals surface area contributed by atoms with Crippen molar-refractivity contribution in [2.45, 2.75) is 16.7 Å². The first kappa shape index (κ1) is 18.3. The maximum Gasteiger partial charge on any atom is 0.387 e. The third kappa shape index (κ3) is 4.36. The number of alkyl halides is 2. The van der Waals surface area contributed by atoms with Crippen molar-refractivity contribution in [1.29, 1.82) is 5.26 Å². The number of halogens is 2. The number of nitro benzene ring substituents is 1. The van der Waals surface area contributed by atoms with Crippen molar-refractivity contribution in [3.63, 3.8) is 0 Å². The Morgan fingerprint density at radius 1 is 1.22 bits per heavy atom. The maximum atomic E-state index is 12.2. The molecule has 0 radical (unpaired) electrons. The largest absolute Gasteiger partial charge is 0.435 e.